The molecule has 1 heterocycles. The highest BCUT2D eigenvalue weighted by atomic mass is 35.5. The number of halogens is 1. The standard InChI is InChI=1S/C13H12ClN/c1-2-3-4-10-5-6-13-11(7-10)8-12(14)9-15-13/h3-9H,2H2,1H3/b4-3+. The molecule has 76 valence electrons. The topological polar surface area (TPSA) is 12.9 Å². The van der Waals surface area contributed by atoms with Gasteiger partial charge in [0.1, 0.15) is 0 Å². The number of allylic oxidation sites excluding steroid dienone is 1. The van der Waals surface area contributed by atoms with Crippen molar-refractivity contribution in [3.8, 4) is 0 Å². The molecule has 0 unspecified atom stereocenters. The second kappa shape index (κ2) is 4.45. The van der Waals surface area contributed by atoms with Gasteiger partial charge in [-0.2, -0.15) is 0 Å². The molecule has 1 nitrogen and oxygen atoms in total. The van der Waals surface area contributed by atoms with E-state index >= 15 is 0 Å². The minimum Gasteiger partial charge on any atom is -0.255 e. The van der Waals surface area contributed by atoms with Crippen LogP contribution in [-0.4, -0.2) is 4.98 Å². The summed E-state index contributed by atoms with van der Waals surface area (Å²) in [6, 6.07) is 8.12. The fourth-order valence-electron chi connectivity index (χ4n) is 1.48. The third kappa shape index (κ3) is 2.37. The Morgan fingerprint density at radius 3 is 3.00 bits per heavy atom. The molecule has 1 aromatic carbocycles. The van der Waals surface area contributed by atoms with Crippen molar-refractivity contribution in [2.45, 2.75) is 13.3 Å². The highest BCUT2D eigenvalue weighted by molar-refractivity contribution is 6.31. The van der Waals surface area contributed by atoms with Gasteiger partial charge in [-0.15, -0.1) is 0 Å². The molecule has 0 bridgehead atoms. The van der Waals surface area contributed by atoms with E-state index in [1.807, 2.05) is 12.1 Å². The maximum Gasteiger partial charge on any atom is 0.0703 e. The van der Waals surface area contributed by atoms with E-state index in [0.717, 1.165) is 17.3 Å². The van der Waals surface area contributed by atoms with Gasteiger partial charge in [0.25, 0.3) is 0 Å². The van der Waals surface area contributed by atoms with Crippen LogP contribution in [0.4, 0.5) is 0 Å². The van der Waals surface area contributed by atoms with Gasteiger partial charge >= 0.3 is 0 Å². The summed E-state index contributed by atoms with van der Waals surface area (Å²) < 4.78 is 0. The molecule has 2 heteroatoms. The van der Waals surface area contributed by atoms with Crippen LogP contribution in [0.5, 0.6) is 0 Å². The number of hydrogen-bond acceptors (Lipinski definition) is 1. The zero-order chi connectivity index (χ0) is 10.7. The monoisotopic (exact) mass is 217 g/mol. The van der Waals surface area contributed by atoms with Gasteiger partial charge in [0, 0.05) is 11.6 Å². The number of nitrogens with zero attached hydrogens (tertiary/aromatic N) is 1. The zero-order valence-corrected chi connectivity index (χ0v) is 9.33. The quantitative estimate of drug-likeness (QED) is 0.731. The van der Waals surface area contributed by atoms with Crippen molar-refractivity contribution in [1.82, 2.24) is 4.98 Å². The second-order valence-electron chi connectivity index (χ2n) is 3.42. The highest BCUT2D eigenvalue weighted by Gasteiger charge is 1.96. The number of pyridine rings is 1. The normalized spacial score (nSPS) is 11.3. The van der Waals surface area contributed by atoms with Crippen LogP contribution >= 0.6 is 11.6 Å². The fourth-order valence-corrected chi connectivity index (χ4v) is 1.65. The molecule has 0 amide bonds. The van der Waals surface area contributed by atoms with Crippen molar-refractivity contribution in [3.05, 3.63) is 47.1 Å². The van der Waals surface area contributed by atoms with Gasteiger partial charge in [-0.1, -0.05) is 36.7 Å². The van der Waals surface area contributed by atoms with E-state index in [-0.39, 0.29) is 0 Å². The zero-order valence-electron chi connectivity index (χ0n) is 8.57. The summed E-state index contributed by atoms with van der Waals surface area (Å²) in [6.07, 6.45) is 6.97. The molecular formula is C13H12ClN. The van der Waals surface area contributed by atoms with Crippen molar-refractivity contribution in [1.29, 1.82) is 0 Å². The average Bonchev–Trinajstić information content (AvgIpc) is 2.25. The summed E-state index contributed by atoms with van der Waals surface area (Å²) in [5.74, 6) is 0. The molecule has 2 rings (SSSR count). The molecule has 2 aromatic rings. The molecule has 0 radical (unpaired) electrons. The largest absolute Gasteiger partial charge is 0.255 e. The van der Waals surface area contributed by atoms with Crippen molar-refractivity contribution >= 4 is 28.6 Å². The molecule has 0 aliphatic heterocycles. The van der Waals surface area contributed by atoms with Crippen LogP contribution in [0, 0.1) is 0 Å². The Hall–Kier alpha value is -1.34. The molecular weight excluding hydrogens is 206 g/mol. The van der Waals surface area contributed by atoms with Crippen LogP contribution in [0.15, 0.2) is 36.5 Å². The lowest BCUT2D eigenvalue weighted by Gasteiger charge is -1.99. The minimum absolute atomic E-state index is 0.680. The molecule has 0 spiro atoms. The van der Waals surface area contributed by atoms with Gasteiger partial charge < -0.3 is 0 Å². The van der Waals surface area contributed by atoms with Crippen LogP contribution in [-0.2, 0) is 0 Å². The highest BCUT2D eigenvalue weighted by Crippen LogP contribution is 2.18. The summed E-state index contributed by atoms with van der Waals surface area (Å²) in [7, 11) is 0. The lowest BCUT2D eigenvalue weighted by molar-refractivity contribution is 1.23. The van der Waals surface area contributed by atoms with Crippen LogP contribution in [0.3, 0.4) is 0 Å². The van der Waals surface area contributed by atoms with E-state index in [0.29, 0.717) is 5.02 Å². The maximum absolute atomic E-state index is 5.89. The average molecular weight is 218 g/mol. The second-order valence-corrected chi connectivity index (χ2v) is 3.85. The number of fused-ring (bicyclic) bond motifs is 1. The first-order chi connectivity index (χ1) is 7.29. The van der Waals surface area contributed by atoms with Crippen LogP contribution in [0.1, 0.15) is 18.9 Å². The first-order valence-electron chi connectivity index (χ1n) is 5.01. The summed E-state index contributed by atoms with van der Waals surface area (Å²) in [5, 5.41) is 1.76. The molecule has 0 saturated heterocycles. The molecule has 0 atom stereocenters. The van der Waals surface area contributed by atoms with Gasteiger partial charge in [-0.05, 0) is 30.2 Å². The van der Waals surface area contributed by atoms with Crippen molar-refractivity contribution in [3.63, 3.8) is 0 Å². The Morgan fingerprint density at radius 2 is 2.20 bits per heavy atom. The van der Waals surface area contributed by atoms with E-state index in [2.05, 4.69) is 36.2 Å². The lowest BCUT2D eigenvalue weighted by Crippen LogP contribution is -1.79. The molecule has 1 aromatic heterocycles. The van der Waals surface area contributed by atoms with Crippen LogP contribution < -0.4 is 0 Å². The van der Waals surface area contributed by atoms with E-state index in [1.54, 1.807) is 6.20 Å². The Balaban J connectivity index is 2.49. The fraction of sp³-hybridized carbons (Fsp3) is 0.154. The summed E-state index contributed by atoms with van der Waals surface area (Å²) in [4.78, 5) is 4.25. The third-order valence-corrected chi connectivity index (χ3v) is 2.42. The summed E-state index contributed by atoms with van der Waals surface area (Å²) in [5.41, 5.74) is 2.17. The van der Waals surface area contributed by atoms with Crippen molar-refractivity contribution in [2.24, 2.45) is 0 Å². The smallest absolute Gasteiger partial charge is 0.0703 e. The summed E-state index contributed by atoms with van der Waals surface area (Å²) in [6.45, 7) is 2.12. The van der Waals surface area contributed by atoms with Gasteiger partial charge in [0.2, 0.25) is 0 Å². The van der Waals surface area contributed by atoms with E-state index in [4.69, 9.17) is 11.6 Å². The third-order valence-electron chi connectivity index (χ3n) is 2.22. The molecule has 15 heavy (non-hydrogen) atoms. The van der Waals surface area contributed by atoms with Gasteiger partial charge in [0.05, 0.1) is 10.5 Å². The van der Waals surface area contributed by atoms with Crippen molar-refractivity contribution in [2.75, 3.05) is 0 Å². The van der Waals surface area contributed by atoms with Crippen LogP contribution in [0.2, 0.25) is 5.02 Å². The van der Waals surface area contributed by atoms with E-state index < -0.39 is 0 Å². The predicted molar refractivity (Wildman–Crippen MR) is 66.1 cm³/mol. The van der Waals surface area contributed by atoms with Gasteiger partial charge in [-0.3, -0.25) is 4.98 Å². The molecule has 0 aliphatic rings. The molecule has 0 N–H and O–H groups in total. The maximum atomic E-state index is 5.89. The molecule has 0 fully saturated rings. The van der Waals surface area contributed by atoms with Crippen molar-refractivity contribution < 1.29 is 0 Å². The van der Waals surface area contributed by atoms with Gasteiger partial charge in [-0.25, -0.2) is 0 Å². The summed E-state index contributed by atoms with van der Waals surface area (Å²) >= 11 is 5.89. The Kier molecular flexibility index (Phi) is 3.02. The first-order valence-corrected chi connectivity index (χ1v) is 5.39. The first kappa shape index (κ1) is 10.2. The Labute approximate surface area is 94.4 Å². The number of hydrogen-bond donors (Lipinski definition) is 0. The number of benzene rings is 1. The van der Waals surface area contributed by atoms with E-state index in [1.165, 1.54) is 5.56 Å². The Bertz CT molecular complexity index is 503. The van der Waals surface area contributed by atoms with Gasteiger partial charge in [0.15, 0.2) is 0 Å². The molecule has 0 aliphatic carbocycles. The molecule has 0 saturated carbocycles. The lowest BCUT2D eigenvalue weighted by atomic mass is 10.1. The van der Waals surface area contributed by atoms with E-state index in [9.17, 15) is 0 Å². The number of rotatable bonds is 2. The number of aromatic nitrogens is 1. The minimum atomic E-state index is 0.680. The Morgan fingerprint density at radius 1 is 1.33 bits per heavy atom. The SMILES string of the molecule is CC/C=C/c1ccc2ncc(Cl)cc2c1. The van der Waals surface area contributed by atoms with Crippen LogP contribution in [0.25, 0.3) is 17.0 Å². The predicted octanol–water partition coefficient (Wildman–Crippen LogP) is 4.31.